The molecule has 0 aromatic heterocycles. The van der Waals surface area contributed by atoms with Gasteiger partial charge in [-0.1, -0.05) is 24.3 Å². The van der Waals surface area contributed by atoms with Crippen molar-refractivity contribution in [1.82, 2.24) is 9.80 Å². The van der Waals surface area contributed by atoms with E-state index in [1.54, 1.807) is 7.11 Å². The zero-order valence-corrected chi connectivity index (χ0v) is 17.4. The van der Waals surface area contributed by atoms with Gasteiger partial charge in [-0.2, -0.15) is 0 Å². The minimum absolute atomic E-state index is 0.00324. The van der Waals surface area contributed by atoms with Crippen molar-refractivity contribution in [1.29, 1.82) is 0 Å². The van der Waals surface area contributed by atoms with E-state index in [1.807, 2.05) is 24.1 Å². The molecule has 0 unspecified atom stereocenters. The number of nitrogens with zero attached hydrogens (tertiary/aromatic N) is 3. The van der Waals surface area contributed by atoms with Crippen LogP contribution in [0.1, 0.15) is 31.1 Å². The number of rotatable bonds is 8. The second-order valence-corrected chi connectivity index (χ2v) is 7.24. The summed E-state index contributed by atoms with van der Waals surface area (Å²) >= 11 is 0. The Kier molecular flexibility index (Phi) is 6.57. The lowest BCUT2D eigenvalue weighted by Crippen LogP contribution is -2.32. The van der Waals surface area contributed by atoms with Gasteiger partial charge in [0, 0.05) is 25.3 Å². The third-order valence-corrected chi connectivity index (χ3v) is 5.54. The van der Waals surface area contributed by atoms with E-state index in [0.29, 0.717) is 13.1 Å². The number of methoxy groups -OCH3 is 1. The Balaban J connectivity index is 1.73. The van der Waals surface area contributed by atoms with Crippen LogP contribution >= 0.6 is 0 Å². The fraction of sp³-hybridized carbons (Fsp3) is 0.435. The van der Waals surface area contributed by atoms with E-state index in [0.717, 1.165) is 25.3 Å². The summed E-state index contributed by atoms with van der Waals surface area (Å²) in [6, 6.07) is 16.7. The zero-order chi connectivity index (χ0) is 20.1. The molecule has 5 heteroatoms. The van der Waals surface area contributed by atoms with Crippen LogP contribution in [0.15, 0.2) is 48.5 Å². The smallest absolute Gasteiger partial charge is 0.238 e. The van der Waals surface area contributed by atoms with Gasteiger partial charge >= 0.3 is 0 Å². The van der Waals surface area contributed by atoms with Gasteiger partial charge in [-0.15, -0.1) is 0 Å². The number of amides is 1. The number of benzene rings is 2. The Labute approximate surface area is 168 Å². The summed E-state index contributed by atoms with van der Waals surface area (Å²) in [4.78, 5) is 19.1. The van der Waals surface area contributed by atoms with Crippen LogP contribution in [0.3, 0.4) is 0 Å². The molecule has 0 N–H and O–H groups in total. The van der Waals surface area contributed by atoms with Crippen LogP contribution in [-0.2, 0) is 11.2 Å². The fourth-order valence-electron chi connectivity index (χ4n) is 3.93. The molecule has 0 saturated carbocycles. The van der Waals surface area contributed by atoms with E-state index in [2.05, 4.69) is 60.0 Å². The lowest BCUT2D eigenvalue weighted by atomic mass is 10.1. The monoisotopic (exact) mass is 381 g/mol. The molecule has 1 saturated heterocycles. The normalized spacial score (nSPS) is 17.2. The number of likely N-dealkylation sites (N-methyl/N-ethyl adjacent to an activating group) is 1. The van der Waals surface area contributed by atoms with Gasteiger partial charge in [0.1, 0.15) is 11.9 Å². The van der Waals surface area contributed by atoms with Crippen molar-refractivity contribution < 1.29 is 9.53 Å². The predicted octanol–water partition coefficient (Wildman–Crippen LogP) is 3.56. The van der Waals surface area contributed by atoms with Gasteiger partial charge in [-0.05, 0) is 62.7 Å². The van der Waals surface area contributed by atoms with Gasteiger partial charge in [0.2, 0.25) is 5.91 Å². The Hall–Kier alpha value is -2.53. The topological polar surface area (TPSA) is 36.0 Å². The molecular weight excluding hydrogens is 350 g/mol. The Morgan fingerprint density at radius 1 is 1.04 bits per heavy atom. The molecule has 1 amide bonds. The molecule has 3 rings (SSSR count). The lowest BCUT2D eigenvalue weighted by Gasteiger charge is -2.29. The van der Waals surface area contributed by atoms with Gasteiger partial charge in [0.05, 0.1) is 13.7 Å². The lowest BCUT2D eigenvalue weighted by molar-refractivity contribution is -0.128. The average molecular weight is 382 g/mol. The standard InChI is InChI=1S/C23H31N3O2/c1-5-25(6-2)20-11-9-19(10-12-20)23-24(3)17-22(27)26(23)16-15-18-7-13-21(28-4)14-8-18/h7-14,23H,5-6,15-17H2,1-4H3/t23-/m0/s1. The summed E-state index contributed by atoms with van der Waals surface area (Å²) in [6.07, 6.45) is 0.828. The number of hydrogen-bond acceptors (Lipinski definition) is 4. The van der Waals surface area contributed by atoms with Gasteiger partial charge in [0.25, 0.3) is 0 Å². The highest BCUT2D eigenvalue weighted by molar-refractivity contribution is 5.81. The van der Waals surface area contributed by atoms with Crippen LogP contribution < -0.4 is 9.64 Å². The second-order valence-electron chi connectivity index (χ2n) is 7.24. The van der Waals surface area contributed by atoms with Gasteiger partial charge in [0.15, 0.2) is 0 Å². The van der Waals surface area contributed by atoms with Crippen molar-refractivity contribution in [2.45, 2.75) is 26.4 Å². The molecule has 28 heavy (non-hydrogen) atoms. The summed E-state index contributed by atoms with van der Waals surface area (Å²) in [5.74, 6) is 1.04. The van der Waals surface area contributed by atoms with Gasteiger partial charge in [-0.3, -0.25) is 9.69 Å². The van der Waals surface area contributed by atoms with E-state index < -0.39 is 0 Å². The molecule has 0 aliphatic carbocycles. The molecular formula is C23H31N3O2. The molecule has 1 atom stereocenters. The molecule has 1 aliphatic heterocycles. The molecule has 0 radical (unpaired) electrons. The third kappa shape index (κ3) is 4.30. The molecule has 0 spiro atoms. The molecule has 1 aliphatic rings. The van der Waals surface area contributed by atoms with Crippen molar-refractivity contribution in [2.75, 3.05) is 45.2 Å². The minimum atomic E-state index is -0.00324. The quantitative estimate of drug-likeness (QED) is 0.701. The zero-order valence-electron chi connectivity index (χ0n) is 17.4. The number of carbonyl (C=O) groups is 1. The highest BCUT2D eigenvalue weighted by Gasteiger charge is 2.36. The van der Waals surface area contributed by atoms with Crippen LogP contribution in [-0.4, -0.2) is 56.0 Å². The minimum Gasteiger partial charge on any atom is -0.497 e. The average Bonchev–Trinajstić information content (AvgIpc) is 3.01. The van der Waals surface area contributed by atoms with E-state index in [9.17, 15) is 4.79 Å². The molecule has 150 valence electrons. The van der Waals surface area contributed by atoms with Gasteiger partial charge < -0.3 is 14.5 Å². The van der Waals surface area contributed by atoms with Crippen molar-refractivity contribution in [3.63, 3.8) is 0 Å². The van der Waals surface area contributed by atoms with Gasteiger partial charge in [-0.25, -0.2) is 0 Å². The maximum absolute atomic E-state index is 12.6. The van der Waals surface area contributed by atoms with E-state index in [1.165, 1.54) is 16.8 Å². The van der Waals surface area contributed by atoms with Crippen molar-refractivity contribution in [3.05, 3.63) is 59.7 Å². The highest BCUT2D eigenvalue weighted by atomic mass is 16.5. The second kappa shape index (κ2) is 9.11. The van der Waals surface area contributed by atoms with E-state index >= 15 is 0 Å². The first-order valence-corrected chi connectivity index (χ1v) is 10.0. The first-order chi connectivity index (χ1) is 13.6. The summed E-state index contributed by atoms with van der Waals surface area (Å²) in [5, 5.41) is 0. The van der Waals surface area contributed by atoms with Crippen LogP contribution in [0, 0.1) is 0 Å². The number of carbonyl (C=O) groups excluding carboxylic acids is 1. The van der Waals surface area contributed by atoms with E-state index in [-0.39, 0.29) is 12.1 Å². The molecule has 5 nitrogen and oxygen atoms in total. The van der Waals surface area contributed by atoms with Crippen molar-refractivity contribution in [3.8, 4) is 5.75 Å². The van der Waals surface area contributed by atoms with Crippen LogP contribution in [0.25, 0.3) is 0 Å². The molecule has 2 aromatic rings. The first-order valence-electron chi connectivity index (χ1n) is 10.0. The molecule has 2 aromatic carbocycles. The summed E-state index contributed by atoms with van der Waals surface area (Å²) in [7, 11) is 3.69. The number of hydrogen-bond donors (Lipinski definition) is 0. The SMILES string of the molecule is CCN(CC)c1ccc([C@H]2N(C)CC(=O)N2CCc2ccc(OC)cc2)cc1. The van der Waals surface area contributed by atoms with Crippen molar-refractivity contribution >= 4 is 11.6 Å². The molecule has 1 heterocycles. The summed E-state index contributed by atoms with van der Waals surface area (Å²) in [5.41, 5.74) is 3.60. The Morgan fingerprint density at radius 3 is 2.25 bits per heavy atom. The first kappa shape index (κ1) is 20.2. The largest absolute Gasteiger partial charge is 0.497 e. The Morgan fingerprint density at radius 2 is 1.68 bits per heavy atom. The number of anilines is 1. The van der Waals surface area contributed by atoms with E-state index in [4.69, 9.17) is 4.74 Å². The third-order valence-electron chi connectivity index (χ3n) is 5.54. The maximum Gasteiger partial charge on any atom is 0.238 e. The fourth-order valence-corrected chi connectivity index (χ4v) is 3.93. The maximum atomic E-state index is 12.6. The summed E-state index contributed by atoms with van der Waals surface area (Å²) < 4.78 is 5.22. The highest BCUT2D eigenvalue weighted by Crippen LogP contribution is 2.31. The van der Waals surface area contributed by atoms with Crippen molar-refractivity contribution in [2.24, 2.45) is 0 Å². The predicted molar refractivity (Wildman–Crippen MR) is 114 cm³/mol. The number of ether oxygens (including phenoxy) is 1. The summed E-state index contributed by atoms with van der Waals surface area (Å²) in [6.45, 7) is 7.49. The van der Waals surface area contributed by atoms with Crippen LogP contribution in [0.4, 0.5) is 5.69 Å². The van der Waals surface area contributed by atoms with Crippen LogP contribution in [0.5, 0.6) is 5.75 Å². The molecule has 0 bridgehead atoms. The van der Waals surface area contributed by atoms with Crippen LogP contribution in [0.2, 0.25) is 0 Å². The Bertz CT molecular complexity index is 769. The molecule has 1 fully saturated rings.